The van der Waals surface area contributed by atoms with Gasteiger partial charge in [0.2, 0.25) is 0 Å². The standard InChI is InChI=1S/C21H26N4O2.C4H8O.C3H8.C2H5NO2/c1-23-21(24-14-22)19-10-9-18(25-19)17-8-7-16(11-17)13-27-20(26)12-15-5-3-2-4-6-15;1-2-3-4-5;1-3-2;3-1-2(4)5/h2-6,9-10,14,16-17,25H,7-8,11-13H2,1H3,(H2,22,23,24);4H,2-3H2,1H3;3H2,1-2H3;1,3H2,(H,4,5). The van der Waals surface area contributed by atoms with Gasteiger partial charge in [-0.25, -0.2) is 4.99 Å². The van der Waals surface area contributed by atoms with E-state index in [9.17, 15) is 14.4 Å². The van der Waals surface area contributed by atoms with Crippen molar-refractivity contribution in [2.24, 2.45) is 27.4 Å². The molecule has 10 nitrogen and oxygen atoms in total. The van der Waals surface area contributed by atoms with E-state index in [2.05, 4.69) is 40.6 Å². The minimum Gasteiger partial charge on any atom is -0.480 e. The zero-order valence-electron chi connectivity index (χ0n) is 24.3. The van der Waals surface area contributed by atoms with Gasteiger partial charge in [0.15, 0.2) is 5.84 Å². The molecule has 40 heavy (non-hydrogen) atoms. The van der Waals surface area contributed by atoms with E-state index in [1.54, 1.807) is 7.05 Å². The van der Waals surface area contributed by atoms with Gasteiger partial charge in [0.25, 0.3) is 0 Å². The monoisotopic (exact) mass is 557 g/mol. The molecule has 1 fully saturated rings. The Bertz CT molecular complexity index is 1020. The first-order valence-corrected chi connectivity index (χ1v) is 13.7. The van der Waals surface area contributed by atoms with Crippen LogP contribution in [-0.4, -0.2) is 60.7 Å². The summed E-state index contributed by atoms with van der Waals surface area (Å²) in [7, 11) is 1.69. The quantitative estimate of drug-likeness (QED) is 0.152. The number of amidine groups is 1. The molecule has 0 saturated heterocycles. The molecule has 2 atom stereocenters. The van der Waals surface area contributed by atoms with Crippen LogP contribution in [0.25, 0.3) is 0 Å². The summed E-state index contributed by atoms with van der Waals surface area (Å²) in [4.78, 5) is 42.3. The molecule has 0 amide bonds. The normalized spacial score (nSPS) is 16.0. The van der Waals surface area contributed by atoms with Crippen molar-refractivity contribution >= 4 is 30.4 Å². The van der Waals surface area contributed by atoms with Crippen LogP contribution in [0, 0.1) is 5.92 Å². The van der Waals surface area contributed by atoms with Crippen LogP contribution in [0.5, 0.6) is 0 Å². The number of aromatic nitrogens is 1. The lowest BCUT2D eigenvalue weighted by atomic mass is 10.0. The Morgan fingerprint density at radius 3 is 2.27 bits per heavy atom. The van der Waals surface area contributed by atoms with Crippen molar-refractivity contribution < 1.29 is 24.2 Å². The molecule has 3 rings (SSSR count). The Morgan fingerprint density at radius 1 is 1.12 bits per heavy atom. The third kappa shape index (κ3) is 16.2. The Balaban J connectivity index is 0.000000980. The topological polar surface area (TPSA) is 173 Å². The summed E-state index contributed by atoms with van der Waals surface area (Å²) < 4.78 is 5.51. The van der Waals surface area contributed by atoms with Crippen LogP contribution < -0.4 is 11.5 Å². The minimum absolute atomic E-state index is 0.157. The van der Waals surface area contributed by atoms with Gasteiger partial charge >= 0.3 is 11.9 Å². The van der Waals surface area contributed by atoms with E-state index < -0.39 is 5.97 Å². The number of aromatic amines is 1. The number of nitrogens with zero attached hydrogens (tertiary/aromatic N) is 2. The summed E-state index contributed by atoms with van der Waals surface area (Å²) in [5.74, 6) is 0.313. The van der Waals surface area contributed by atoms with Gasteiger partial charge in [-0.1, -0.05) is 57.5 Å². The number of aliphatic carboxylic acids is 1. The lowest BCUT2D eigenvalue weighted by Gasteiger charge is -2.11. The molecule has 1 heterocycles. The lowest BCUT2D eigenvalue weighted by molar-refractivity contribution is -0.144. The predicted molar refractivity (Wildman–Crippen MR) is 161 cm³/mol. The van der Waals surface area contributed by atoms with Gasteiger partial charge in [-0.05, 0) is 55.2 Å². The maximum absolute atomic E-state index is 12.0. The first-order valence-electron chi connectivity index (χ1n) is 13.7. The number of carbonyl (C=O) groups excluding carboxylic acids is 2. The van der Waals surface area contributed by atoms with Crippen molar-refractivity contribution in [1.29, 1.82) is 0 Å². The van der Waals surface area contributed by atoms with E-state index in [4.69, 9.17) is 15.6 Å². The van der Waals surface area contributed by atoms with E-state index >= 15 is 0 Å². The van der Waals surface area contributed by atoms with Gasteiger partial charge < -0.3 is 31.1 Å². The van der Waals surface area contributed by atoms with E-state index in [0.717, 1.165) is 43.2 Å². The fourth-order valence-electron chi connectivity index (χ4n) is 3.75. The van der Waals surface area contributed by atoms with Crippen molar-refractivity contribution in [3.05, 3.63) is 59.4 Å². The van der Waals surface area contributed by atoms with Crippen molar-refractivity contribution in [3.8, 4) is 0 Å². The average Bonchev–Trinajstić information content (AvgIpc) is 3.63. The summed E-state index contributed by atoms with van der Waals surface area (Å²) in [6, 6.07) is 13.8. The number of benzene rings is 1. The number of rotatable bonds is 9. The third-order valence-corrected chi connectivity index (χ3v) is 5.59. The number of aliphatic imine (C=N–C) groups is 2. The number of hydrogen-bond donors (Lipinski definition) is 4. The molecular formula is C30H47N5O5. The van der Waals surface area contributed by atoms with E-state index in [1.165, 1.54) is 18.5 Å². The first kappa shape index (κ1) is 36.2. The smallest absolute Gasteiger partial charge is 0.317 e. The Kier molecular flexibility index (Phi) is 20.9. The average molecular weight is 558 g/mol. The molecule has 1 aromatic carbocycles. The summed E-state index contributed by atoms with van der Waals surface area (Å²) in [5.41, 5.74) is 13.0. The zero-order chi connectivity index (χ0) is 30.2. The highest BCUT2D eigenvalue weighted by atomic mass is 16.5. The highest BCUT2D eigenvalue weighted by Gasteiger charge is 2.28. The molecule has 0 spiro atoms. The Morgan fingerprint density at radius 2 is 1.77 bits per heavy atom. The molecular weight excluding hydrogens is 510 g/mol. The van der Waals surface area contributed by atoms with Gasteiger partial charge in [0, 0.05) is 19.2 Å². The Hall–Kier alpha value is -3.79. The summed E-state index contributed by atoms with van der Waals surface area (Å²) in [5, 5.41) is 7.60. The lowest BCUT2D eigenvalue weighted by Crippen LogP contribution is -2.14. The number of nitrogens with one attached hydrogen (secondary N) is 1. The molecule has 2 aromatic rings. The fourth-order valence-corrected chi connectivity index (χ4v) is 3.75. The van der Waals surface area contributed by atoms with Crippen LogP contribution in [0.15, 0.2) is 52.4 Å². The number of carbonyl (C=O) groups is 3. The molecule has 2 unspecified atom stereocenters. The van der Waals surface area contributed by atoms with Crippen molar-refractivity contribution in [2.45, 2.75) is 71.6 Å². The van der Waals surface area contributed by atoms with Gasteiger partial charge in [-0.2, -0.15) is 0 Å². The highest BCUT2D eigenvalue weighted by Crippen LogP contribution is 2.38. The Labute approximate surface area is 238 Å². The number of hydrogen-bond acceptors (Lipinski definition) is 6. The maximum Gasteiger partial charge on any atom is 0.317 e. The van der Waals surface area contributed by atoms with Crippen molar-refractivity contribution in [1.82, 2.24) is 4.98 Å². The SMILES string of the molecule is CCC.CCCC=O.CN=C(N=CN)c1ccc(C2CCC(COC(=O)Cc3ccccc3)C2)[nH]1.NCC(=O)O. The van der Waals surface area contributed by atoms with Crippen molar-refractivity contribution in [2.75, 3.05) is 20.2 Å². The van der Waals surface area contributed by atoms with Gasteiger partial charge in [-0.3, -0.25) is 14.6 Å². The molecule has 1 aromatic heterocycles. The molecule has 10 heteroatoms. The highest BCUT2D eigenvalue weighted by molar-refractivity contribution is 6.01. The van der Waals surface area contributed by atoms with Crippen molar-refractivity contribution in [3.63, 3.8) is 0 Å². The van der Waals surface area contributed by atoms with E-state index in [-0.39, 0.29) is 12.5 Å². The predicted octanol–water partition coefficient (Wildman–Crippen LogP) is 4.48. The van der Waals surface area contributed by atoms with Crippen LogP contribution >= 0.6 is 0 Å². The van der Waals surface area contributed by atoms with Gasteiger partial charge in [0.1, 0.15) is 6.29 Å². The molecule has 1 aliphatic carbocycles. The summed E-state index contributed by atoms with van der Waals surface area (Å²) >= 11 is 0. The van der Waals surface area contributed by atoms with E-state index in [0.29, 0.717) is 37.1 Å². The summed E-state index contributed by atoms with van der Waals surface area (Å²) in [6.07, 6.45) is 8.60. The molecule has 222 valence electrons. The number of carboxylic acids is 1. The van der Waals surface area contributed by atoms with Crippen LogP contribution in [0.4, 0.5) is 0 Å². The largest absolute Gasteiger partial charge is 0.480 e. The van der Waals surface area contributed by atoms with Crippen LogP contribution in [0.3, 0.4) is 0 Å². The van der Waals surface area contributed by atoms with E-state index in [1.807, 2.05) is 43.3 Å². The summed E-state index contributed by atoms with van der Waals surface area (Å²) in [6.45, 7) is 6.45. The number of unbranched alkanes of at least 4 members (excludes halogenated alkanes) is 1. The number of esters is 1. The number of carboxylic acid groups (broad SMARTS) is 1. The second-order valence-electron chi connectivity index (χ2n) is 9.13. The molecule has 0 bridgehead atoms. The van der Waals surface area contributed by atoms with Gasteiger partial charge in [0.05, 0.1) is 31.6 Å². The minimum atomic E-state index is -0.968. The molecule has 6 N–H and O–H groups in total. The maximum atomic E-state index is 12.0. The zero-order valence-corrected chi connectivity index (χ0v) is 24.3. The molecule has 0 radical (unpaired) electrons. The van der Waals surface area contributed by atoms with Crippen LogP contribution in [0.1, 0.15) is 82.2 Å². The number of H-pyrrole nitrogens is 1. The first-order chi connectivity index (χ1) is 19.3. The number of aldehydes is 1. The van der Waals surface area contributed by atoms with Crippen LogP contribution in [0.2, 0.25) is 0 Å². The van der Waals surface area contributed by atoms with Crippen LogP contribution in [-0.2, 0) is 25.5 Å². The fraction of sp³-hybridized carbons (Fsp3) is 0.500. The third-order valence-electron chi connectivity index (χ3n) is 5.59. The number of ether oxygens (including phenoxy) is 1. The second kappa shape index (κ2) is 23.1. The van der Waals surface area contributed by atoms with Gasteiger partial charge in [-0.15, -0.1) is 0 Å². The molecule has 0 aliphatic heterocycles. The molecule has 1 aliphatic rings. The molecule has 1 saturated carbocycles. The second-order valence-corrected chi connectivity index (χ2v) is 9.13. The number of nitrogens with two attached hydrogens (primary N) is 2.